The van der Waals surface area contributed by atoms with Gasteiger partial charge in [0.1, 0.15) is 10.6 Å². The SMILES string of the molecule is COc1ccc(CO)cc1S(=O)(=O)Nc1ccccc1Br. The van der Waals surface area contributed by atoms with Crippen LogP contribution in [-0.2, 0) is 16.6 Å². The van der Waals surface area contributed by atoms with Crippen LogP contribution in [0.4, 0.5) is 5.69 Å². The van der Waals surface area contributed by atoms with Gasteiger partial charge in [-0.1, -0.05) is 18.2 Å². The largest absolute Gasteiger partial charge is 0.495 e. The van der Waals surface area contributed by atoms with E-state index in [0.29, 0.717) is 15.7 Å². The molecule has 0 fully saturated rings. The van der Waals surface area contributed by atoms with Gasteiger partial charge in [0.2, 0.25) is 0 Å². The van der Waals surface area contributed by atoms with Crippen LogP contribution in [0, 0.1) is 0 Å². The quantitative estimate of drug-likeness (QED) is 0.846. The number of hydrogen-bond donors (Lipinski definition) is 2. The van der Waals surface area contributed by atoms with Gasteiger partial charge in [0.25, 0.3) is 10.0 Å². The first-order chi connectivity index (χ1) is 9.97. The van der Waals surface area contributed by atoms with E-state index in [9.17, 15) is 8.42 Å². The topological polar surface area (TPSA) is 75.6 Å². The van der Waals surface area contributed by atoms with Crippen molar-refractivity contribution in [3.63, 3.8) is 0 Å². The van der Waals surface area contributed by atoms with E-state index in [-0.39, 0.29) is 17.3 Å². The van der Waals surface area contributed by atoms with E-state index in [1.165, 1.54) is 19.2 Å². The van der Waals surface area contributed by atoms with Crippen molar-refractivity contribution in [2.75, 3.05) is 11.8 Å². The van der Waals surface area contributed by atoms with Crippen molar-refractivity contribution < 1.29 is 18.3 Å². The maximum atomic E-state index is 12.5. The zero-order valence-electron chi connectivity index (χ0n) is 11.2. The van der Waals surface area contributed by atoms with Crippen LogP contribution >= 0.6 is 15.9 Å². The number of halogens is 1. The summed E-state index contributed by atoms with van der Waals surface area (Å²) in [5.41, 5.74) is 0.914. The van der Waals surface area contributed by atoms with E-state index in [0.717, 1.165) is 0 Å². The Kier molecular flexibility index (Phi) is 4.87. The Morgan fingerprint density at radius 2 is 1.95 bits per heavy atom. The predicted molar refractivity (Wildman–Crippen MR) is 83.9 cm³/mol. The highest BCUT2D eigenvalue weighted by molar-refractivity contribution is 9.10. The average molecular weight is 372 g/mol. The first kappa shape index (κ1) is 15.8. The standard InChI is InChI=1S/C14H14BrNO4S/c1-20-13-7-6-10(9-17)8-14(13)21(18,19)16-12-5-3-2-4-11(12)15/h2-8,16-17H,9H2,1H3. The molecule has 0 radical (unpaired) electrons. The Balaban J connectivity index is 2.46. The lowest BCUT2D eigenvalue weighted by molar-refractivity contribution is 0.281. The van der Waals surface area contributed by atoms with Gasteiger partial charge in [-0.15, -0.1) is 0 Å². The van der Waals surface area contributed by atoms with Gasteiger partial charge < -0.3 is 9.84 Å². The Labute approximate surface area is 131 Å². The number of methoxy groups -OCH3 is 1. The second-order valence-corrected chi connectivity index (χ2v) is 6.73. The number of para-hydroxylation sites is 1. The van der Waals surface area contributed by atoms with Gasteiger partial charge in [-0.05, 0) is 45.8 Å². The molecule has 7 heteroatoms. The van der Waals surface area contributed by atoms with Crippen LogP contribution in [0.25, 0.3) is 0 Å². The van der Waals surface area contributed by atoms with E-state index in [1.54, 1.807) is 30.3 Å². The molecule has 0 unspecified atom stereocenters. The Morgan fingerprint density at radius 3 is 2.57 bits per heavy atom. The van der Waals surface area contributed by atoms with Gasteiger partial charge in [-0.3, -0.25) is 4.72 Å². The van der Waals surface area contributed by atoms with Crippen LogP contribution in [0.15, 0.2) is 51.8 Å². The van der Waals surface area contributed by atoms with Gasteiger partial charge in [-0.2, -0.15) is 0 Å². The minimum atomic E-state index is -3.83. The summed E-state index contributed by atoms with van der Waals surface area (Å²) in [6.45, 7) is -0.248. The van der Waals surface area contributed by atoms with Crippen LogP contribution in [0.5, 0.6) is 5.75 Å². The summed E-state index contributed by atoms with van der Waals surface area (Å²) >= 11 is 3.29. The molecule has 21 heavy (non-hydrogen) atoms. The summed E-state index contributed by atoms with van der Waals surface area (Å²) < 4.78 is 33.2. The molecule has 0 aliphatic rings. The Bertz CT molecular complexity index is 746. The summed E-state index contributed by atoms with van der Waals surface area (Å²) in [5.74, 6) is 0.215. The van der Waals surface area contributed by atoms with Gasteiger partial charge in [0, 0.05) is 4.47 Å². The van der Waals surface area contributed by atoms with Crippen molar-refractivity contribution in [2.45, 2.75) is 11.5 Å². The summed E-state index contributed by atoms with van der Waals surface area (Å²) in [5, 5.41) is 9.16. The predicted octanol–water partition coefficient (Wildman–Crippen LogP) is 2.75. The molecule has 0 atom stereocenters. The maximum absolute atomic E-state index is 12.5. The van der Waals surface area contributed by atoms with Gasteiger partial charge in [0.15, 0.2) is 0 Å². The highest BCUT2D eigenvalue weighted by Crippen LogP contribution is 2.29. The number of rotatable bonds is 5. The maximum Gasteiger partial charge on any atom is 0.265 e. The highest BCUT2D eigenvalue weighted by atomic mass is 79.9. The van der Waals surface area contributed by atoms with Crippen molar-refractivity contribution in [1.29, 1.82) is 0 Å². The van der Waals surface area contributed by atoms with E-state index in [4.69, 9.17) is 9.84 Å². The second kappa shape index (κ2) is 6.46. The second-order valence-electron chi connectivity index (χ2n) is 4.23. The molecular weight excluding hydrogens is 358 g/mol. The third-order valence-corrected chi connectivity index (χ3v) is 4.90. The average Bonchev–Trinajstić information content (AvgIpc) is 2.48. The number of hydrogen-bond acceptors (Lipinski definition) is 4. The smallest absolute Gasteiger partial charge is 0.265 e. The fraction of sp³-hybridized carbons (Fsp3) is 0.143. The zero-order chi connectivity index (χ0) is 15.5. The van der Waals surface area contributed by atoms with Crippen molar-refractivity contribution in [1.82, 2.24) is 0 Å². The molecule has 0 amide bonds. The van der Waals surface area contributed by atoms with Crippen LogP contribution < -0.4 is 9.46 Å². The molecule has 0 bridgehead atoms. The van der Waals surface area contributed by atoms with Crippen LogP contribution in [0.2, 0.25) is 0 Å². The molecule has 0 heterocycles. The van der Waals surface area contributed by atoms with Gasteiger partial charge in [0.05, 0.1) is 19.4 Å². The molecule has 2 aromatic carbocycles. The fourth-order valence-corrected chi connectivity index (χ4v) is 3.59. The number of sulfonamides is 1. The van der Waals surface area contributed by atoms with Crippen LogP contribution in [0.1, 0.15) is 5.56 Å². The molecule has 0 saturated carbocycles. The molecule has 0 saturated heterocycles. The summed E-state index contributed by atoms with van der Waals surface area (Å²) in [7, 11) is -2.43. The highest BCUT2D eigenvalue weighted by Gasteiger charge is 2.21. The molecule has 5 nitrogen and oxygen atoms in total. The summed E-state index contributed by atoms with van der Waals surface area (Å²) in [6, 6.07) is 11.4. The molecule has 2 rings (SSSR count). The molecule has 0 aromatic heterocycles. The third kappa shape index (κ3) is 3.55. The lowest BCUT2D eigenvalue weighted by Crippen LogP contribution is -2.14. The van der Waals surface area contributed by atoms with Crippen molar-refractivity contribution in [3.05, 3.63) is 52.5 Å². The Hall–Kier alpha value is -1.57. The van der Waals surface area contributed by atoms with E-state index in [2.05, 4.69) is 20.7 Å². The van der Waals surface area contributed by atoms with Crippen molar-refractivity contribution in [3.8, 4) is 5.75 Å². The number of nitrogens with one attached hydrogen (secondary N) is 1. The minimum absolute atomic E-state index is 0.0210. The van der Waals surface area contributed by atoms with E-state index >= 15 is 0 Å². The summed E-state index contributed by atoms with van der Waals surface area (Å²) in [6.07, 6.45) is 0. The lowest BCUT2D eigenvalue weighted by atomic mass is 10.2. The van der Waals surface area contributed by atoms with Crippen LogP contribution in [-0.4, -0.2) is 20.6 Å². The van der Waals surface area contributed by atoms with E-state index < -0.39 is 10.0 Å². The molecule has 2 N–H and O–H groups in total. The number of aliphatic hydroxyl groups excluding tert-OH is 1. The molecule has 112 valence electrons. The number of aliphatic hydroxyl groups is 1. The minimum Gasteiger partial charge on any atom is -0.495 e. The monoisotopic (exact) mass is 371 g/mol. The number of benzene rings is 2. The van der Waals surface area contributed by atoms with E-state index in [1.807, 2.05) is 0 Å². The number of ether oxygens (including phenoxy) is 1. The van der Waals surface area contributed by atoms with Gasteiger partial charge in [-0.25, -0.2) is 8.42 Å². The van der Waals surface area contributed by atoms with Crippen molar-refractivity contribution in [2.24, 2.45) is 0 Å². The Morgan fingerprint density at radius 1 is 1.24 bits per heavy atom. The summed E-state index contributed by atoms with van der Waals surface area (Å²) in [4.78, 5) is -0.0210. The van der Waals surface area contributed by atoms with Crippen molar-refractivity contribution >= 4 is 31.6 Å². The normalized spacial score (nSPS) is 11.2. The van der Waals surface area contributed by atoms with Crippen LogP contribution in [0.3, 0.4) is 0 Å². The lowest BCUT2D eigenvalue weighted by Gasteiger charge is -2.13. The zero-order valence-corrected chi connectivity index (χ0v) is 13.6. The molecular formula is C14H14BrNO4S. The molecule has 0 aliphatic carbocycles. The fourth-order valence-electron chi connectivity index (χ4n) is 1.77. The first-order valence-corrected chi connectivity index (χ1v) is 8.30. The number of anilines is 1. The molecule has 0 aliphatic heterocycles. The third-order valence-electron chi connectivity index (χ3n) is 2.82. The molecule has 0 spiro atoms. The van der Waals surface area contributed by atoms with Gasteiger partial charge >= 0.3 is 0 Å². The first-order valence-electron chi connectivity index (χ1n) is 6.03. The molecule has 2 aromatic rings.